The normalized spacial score (nSPS) is 23.5. The third kappa shape index (κ3) is 2.08. The van der Waals surface area contributed by atoms with Gasteiger partial charge in [0.1, 0.15) is 0 Å². The Labute approximate surface area is 86.1 Å². The Morgan fingerprint density at radius 1 is 1.50 bits per heavy atom. The van der Waals surface area contributed by atoms with Crippen LogP contribution >= 0.6 is 0 Å². The first kappa shape index (κ1) is 9.97. The van der Waals surface area contributed by atoms with Gasteiger partial charge in [0, 0.05) is 19.1 Å². The molecule has 0 aromatic heterocycles. The molecule has 0 N–H and O–H groups in total. The number of amides is 1. The van der Waals surface area contributed by atoms with E-state index < -0.39 is 0 Å². The Balaban J connectivity index is 1.74. The van der Waals surface area contributed by atoms with Gasteiger partial charge in [0.05, 0.1) is 6.54 Å². The van der Waals surface area contributed by atoms with Crippen molar-refractivity contribution in [1.29, 1.82) is 0 Å². The summed E-state index contributed by atoms with van der Waals surface area (Å²) in [4.78, 5) is 15.8. The van der Waals surface area contributed by atoms with Crippen molar-refractivity contribution in [3.8, 4) is 0 Å². The minimum Gasteiger partial charge on any atom is -0.341 e. The third-order valence-electron chi connectivity index (χ3n) is 3.59. The number of hydrogen-bond donors (Lipinski definition) is 0. The lowest BCUT2D eigenvalue weighted by atomic mass is 10.2. The van der Waals surface area contributed by atoms with E-state index in [0.717, 1.165) is 19.0 Å². The molecule has 0 spiro atoms. The molecule has 1 saturated heterocycles. The van der Waals surface area contributed by atoms with Crippen LogP contribution in [0, 0.1) is 5.92 Å². The van der Waals surface area contributed by atoms with Crippen molar-refractivity contribution in [2.45, 2.75) is 32.2 Å². The molecule has 1 aliphatic heterocycles. The summed E-state index contributed by atoms with van der Waals surface area (Å²) in [7, 11) is 2.07. The van der Waals surface area contributed by atoms with Crippen molar-refractivity contribution in [3.63, 3.8) is 0 Å². The summed E-state index contributed by atoms with van der Waals surface area (Å²) >= 11 is 0. The number of carbonyl (C=O) groups excluding carboxylic acids is 1. The number of hydrogen-bond acceptors (Lipinski definition) is 2. The Kier molecular flexibility index (Phi) is 2.77. The van der Waals surface area contributed by atoms with Gasteiger partial charge in [-0.1, -0.05) is 0 Å². The van der Waals surface area contributed by atoms with Gasteiger partial charge < -0.3 is 4.90 Å². The van der Waals surface area contributed by atoms with E-state index in [1.165, 1.54) is 19.3 Å². The number of rotatable bonds is 4. The molecule has 0 aromatic carbocycles. The summed E-state index contributed by atoms with van der Waals surface area (Å²) in [5.74, 6) is 1.16. The minimum absolute atomic E-state index is 0.311. The monoisotopic (exact) mass is 196 g/mol. The van der Waals surface area contributed by atoms with E-state index in [0.29, 0.717) is 18.5 Å². The maximum absolute atomic E-state index is 11.7. The van der Waals surface area contributed by atoms with Crippen LogP contribution in [0.2, 0.25) is 0 Å². The lowest BCUT2D eigenvalue weighted by Gasteiger charge is -2.33. The predicted octanol–water partition coefficient (Wildman–Crippen LogP) is 0.949. The fourth-order valence-corrected chi connectivity index (χ4v) is 1.96. The average Bonchev–Trinajstić information content (AvgIpc) is 2.81. The van der Waals surface area contributed by atoms with E-state index in [4.69, 9.17) is 0 Å². The maximum Gasteiger partial charge on any atom is 0.236 e. The first-order valence-corrected chi connectivity index (χ1v) is 5.66. The van der Waals surface area contributed by atoms with Crippen LogP contribution in [0.5, 0.6) is 0 Å². The first-order chi connectivity index (χ1) is 6.68. The topological polar surface area (TPSA) is 23.6 Å². The fraction of sp³-hybridized carbons (Fsp3) is 0.909. The second-order valence-electron chi connectivity index (χ2n) is 4.73. The Bertz CT molecular complexity index is 221. The molecule has 3 heteroatoms. The Morgan fingerprint density at radius 3 is 2.57 bits per heavy atom. The highest BCUT2D eigenvalue weighted by molar-refractivity contribution is 5.78. The molecule has 1 heterocycles. The molecule has 0 radical (unpaired) electrons. The zero-order chi connectivity index (χ0) is 10.1. The largest absolute Gasteiger partial charge is 0.341 e. The molecule has 0 aromatic rings. The van der Waals surface area contributed by atoms with Crippen molar-refractivity contribution < 1.29 is 4.79 Å². The number of carbonyl (C=O) groups is 1. The zero-order valence-electron chi connectivity index (χ0n) is 9.20. The Hall–Kier alpha value is -0.570. The molecular formula is C11H20N2O. The molecular weight excluding hydrogens is 176 g/mol. The highest BCUT2D eigenvalue weighted by atomic mass is 16.2. The van der Waals surface area contributed by atoms with E-state index in [-0.39, 0.29) is 0 Å². The van der Waals surface area contributed by atoms with Gasteiger partial charge in [-0.15, -0.1) is 0 Å². The summed E-state index contributed by atoms with van der Waals surface area (Å²) < 4.78 is 0. The standard InChI is InChI=1S/C11H20N2O/c1-9(10-4-5-10)12(2)8-11(14)13-6-3-7-13/h9-10H,3-8H2,1-2H3/t9-/m1/s1. The van der Waals surface area contributed by atoms with E-state index in [1.807, 2.05) is 4.90 Å². The fourth-order valence-electron chi connectivity index (χ4n) is 1.96. The van der Waals surface area contributed by atoms with Gasteiger partial charge in [0.25, 0.3) is 0 Å². The third-order valence-corrected chi connectivity index (χ3v) is 3.59. The molecule has 1 aliphatic carbocycles. The quantitative estimate of drug-likeness (QED) is 0.668. The van der Waals surface area contributed by atoms with Crippen molar-refractivity contribution in [1.82, 2.24) is 9.80 Å². The molecule has 2 fully saturated rings. The smallest absolute Gasteiger partial charge is 0.236 e. The van der Waals surface area contributed by atoms with Gasteiger partial charge in [0.15, 0.2) is 0 Å². The molecule has 1 amide bonds. The first-order valence-electron chi connectivity index (χ1n) is 5.66. The summed E-state index contributed by atoms with van der Waals surface area (Å²) in [6.07, 6.45) is 3.89. The lowest BCUT2D eigenvalue weighted by molar-refractivity contribution is -0.136. The molecule has 2 aliphatic rings. The van der Waals surface area contributed by atoms with Crippen molar-refractivity contribution >= 4 is 5.91 Å². The zero-order valence-corrected chi connectivity index (χ0v) is 9.20. The highest BCUT2D eigenvalue weighted by Gasteiger charge is 2.32. The van der Waals surface area contributed by atoms with Gasteiger partial charge in [-0.3, -0.25) is 9.69 Å². The average molecular weight is 196 g/mol. The second kappa shape index (κ2) is 3.89. The molecule has 1 saturated carbocycles. The van der Waals surface area contributed by atoms with Crippen LogP contribution in [0.15, 0.2) is 0 Å². The number of nitrogens with zero attached hydrogens (tertiary/aromatic N) is 2. The van der Waals surface area contributed by atoms with E-state index in [1.54, 1.807) is 0 Å². The SMILES string of the molecule is C[C@H](C1CC1)N(C)CC(=O)N1CCC1. The van der Waals surface area contributed by atoms with Crippen LogP contribution in [-0.4, -0.2) is 48.4 Å². The van der Waals surface area contributed by atoms with E-state index >= 15 is 0 Å². The summed E-state index contributed by atoms with van der Waals surface area (Å²) in [6, 6.07) is 0.584. The van der Waals surface area contributed by atoms with Gasteiger partial charge in [-0.2, -0.15) is 0 Å². The Morgan fingerprint density at radius 2 is 2.14 bits per heavy atom. The van der Waals surface area contributed by atoms with Crippen LogP contribution < -0.4 is 0 Å². The molecule has 1 atom stereocenters. The van der Waals surface area contributed by atoms with Gasteiger partial charge in [0.2, 0.25) is 5.91 Å². The van der Waals surface area contributed by atoms with Crippen molar-refractivity contribution in [3.05, 3.63) is 0 Å². The number of likely N-dealkylation sites (N-methyl/N-ethyl adjacent to an activating group) is 1. The minimum atomic E-state index is 0.311. The van der Waals surface area contributed by atoms with Gasteiger partial charge in [-0.05, 0) is 39.2 Å². The lowest BCUT2D eigenvalue weighted by Crippen LogP contribution is -2.48. The number of likely N-dealkylation sites (tertiary alicyclic amines) is 1. The van der Waals surface area contributed by atoms with Crippen molar-refractivity contribution in [2.75, 3.05) is 26.7 Å². The maximum atomic E-state index is 11.7. The van der Waals surface area contributed by atoms with Crippen LogP contribution in [-0.2, 0) is 4.79 Å². The van der Waals surface area contributed by atoms with Crippen molar-refractivity contribution in [2.24, 2.45) is 5.92 Å². The molecule has 80 valence electrons. The molecule has 0 bridgehead atoms. The van der Waals surface area contributed by atoms with Crippen LogP contribution in [0.25, 0.3) is 0 Å². The second-order valence-corrected chi connectivity index (χ2v) is 4.73. The molecule has 2 rings (SSSR count). The summed E-state index contributed by atoms with van der Waals surface area (Å²) in [6.45, 7) is 4.80. The summed E-state index contributed by atoms with van der Waals surface area (Å²) in [5.41, 5.74) is 0. The molecule has 3 nitrogen and oxygen atoms in total. The van der Waals surface area contributed by atoms with Crippen LogP contribution in [0.1, 0.15) is 26.2 Å². The van der Waals surface area contributed by atoms with E-state index in [2.05, 4.69) is 18.9 Å². The molecule has 0 unspecified atom stereocenters. The van der Waals surface area contributed by atoms with Crippen LogP contribution in [0.4, 0.5) is 0 Å². The highest BCUT2D eigenvalue weighted by Crippen LogP contribution is 2.34. The van der Waals surface area contributed by atoms with E-state index in [9.17, 15) is 4.79 Å². The van der Waals surface area contributed by atoms with Gasteiger partial charge >= 0.3 is 0 Å². The predicted molar refractivity (Wildman–Crippen MR) is 56.0 cm³/mol. The summed E-state index contributed by atoms with van der Waals surface area (Å²) in [5, 5.41) is 0. The van der Waals surface area contributed by atoms with Crippen LogP contribution in [0.3, 0.4) is 0 Å². The van der Waals surface area contributed by atoms with Gasteiger partial charge in [-0.25, -0.2) is 0 Å². The molecule has 14 heavy (non-hydrogen) atoms.